The van der Waals surface area contributed by atoms with Crippen molar-refractivity contribution in [2.45, 2.75) is 13.3 Å². The van der Waals surface area contributed by atoms with Gasteiger partial charge in [-0.25, -0.2) is 4.98 Å². The van der Waals surface area contributed by atoms with Crippen LogP contribution in [-0.4, -0.2) is 19.8 Å². The van der Waals surface area contributed by atoms with Crippen molar-refractivity contribution in [3.63, 3.8) is 0 Å². The fraction of sp³-hybridized carbons (Fsp3) is 0.0870. The fourth-order valence-electron chi connectivity index (χ4n) is 3.37. The summed E-state index contributed by atoms with van der Waals surface area (Å²) >= 11 is 6.08. The van der Waals surface area contributed by atoms with Gasteiger partial charge in [-0.1, -0.05) is 65.7 Å². The van der Waals surface area contributed by atoms with Crippen molar-refractivity contribution in [3.05, 3.63) is 94.6 Å². The lowest BCUT2D eigenvalue weighted by Gasteiger charge is -2.09. The standard InChI is InChI=1S/C23H17ClN4/c1-15-6-8-16(9-7-15)14-21-22(17-10-12-18(24)13-11-17)27-28-23(25-21)19-4-2-3-5-20(19)26-28/h2-13H,14H2,1H3. The summed E-state index contributed by atoms with van der Waals surface area (Å²) in [6.07, 6.45) is 0.696. The molecule has 2 heterocycles. The zero-order chi connectivity index (χ0) is 19.1. The van der Waals surface area contributed by atoms with Gasteiger partial charge in [0, 0.05) is 22.4 Å². The van der Waals surface area contributed by atoms with Crippen LogP contribution in [0.25, 0.3) is 27.8 Å². The van der Waals surface area contributed by atoms with Crippen molar-refractivity contribution < 1.29 is 0 Å². The zero-order valence-corrected chi connectivity index (χ0v) is 16.1. The lowest BCUT2D eigenvalue weighted by molar-refractivity contribution is 0.785. The fourth-order valence-corrected chi connectivity index (χ4v) is 3.50. The van der Waals surface area contributed by atoms with Gasteiger partial charge in [-0.05, 0) is 36.8 Å². The first kappa shape index (κ1) is 16.9. The summed E-state index contributed by atoms with van der Waals surface area (Å²) in [5, 5.41) is 11.1. The van der Waals surface area contributed by atoms with Gasteiger partial charge in [0.25, 0.3) is 0 Å². The van der Waals surface area contributed by atoms with Crippen LogP contribution < -0.4 is 0 Å². The van der Waals surface area contributed by atoms with Crippen molar-refractivity contribution in [1.29, 1.82) is 0 Å². The number of hydrogen-bond donors (Lipinski definition) is 0. The molecule has 0 aliphatic rings. The second kappa shape index (κ2) is 6.73. The predicted molar refractivity (Wildman–Crippen MR) is 113 cm³/mol. The van der Waals surface area contributed by atoms with Gasteiger partial charge in [0.1, 0.15) is 5.69 Å². The van der Waals surface area contributed by atoms with Crippen molar-refractivity contribution >= 4 is 28.2 Å². The van der Waals surface area contributed by atoms with E-state index in [-0.39, 0.29) is 0 Å². The molecular weight excluding hydrogens is 368 g/mol. The van der Waals surface area contributed by atoms with Gasteiger partial charge in [-0.3, -0.25) is 0 Å². The topological polar surface area (TPSA) is 43.1 Å². The van der Waals surface area contributed by atoms with E-state index in [0.717, 1.165) is 33.5 Å². The lowest BCUT2D eigenvalue weighted by atomic mass is 10.0. The third-order valence-corrected chi connectivity index (χ3v) is 5.11. The highest BCUT2D eigenvalue weighted by molar-refractivity contribution is 6.30. The van der Waals surface area contributed by atoms with Gasteiger partial charge in [-0.15, -0.1) is 14.8 Å². The minimum Gasteiger partial charge on any atom is -0.229 e. The molecule has 0 amide bonds. The molecule has 0 radical (unpaired) electrons. The van der Waals surface area contributed by atoms with E-state index >= 15 is 0 Å². The number of nitrogens with zero attached hydrogens (tertiary/aromatic N) is 4. The summed E-state index contributed by atoms with van der Waals surface area (Å²) in [6, 6.07) is 24.2. The number of benzene rings is 3. The van der Waals surface area contributed by atoms with E-state index in [1.54, 1.807) is 4.63 Å². The third kappa shape index (κ3) is 3.02. The maximum Gasteiger partial charge on any atom is 0.184 e. The zero-order valence-electron chi connectivity index (χ0n) is 15.3. The van der Waals surface area contributed by atoms with Gasteiger partial charge < -0.3 is 0 Å². The Kier molecular flexibility index (Phi) is 4.06. The first-order valence-electron chi connectivity index (χ1n) is 9.13. The highest BCUT2D eigenvalue weighted by Crippen LogP contribution is 2.26. The molecule has 136 valence electrons. The average Bonchev–Trinajstić information content (AvgIpc) is 3.07. The van der Waals surface area contributed by atoms with E-state index in [1.165, 1.54) is 11.1 Å². The van der Waals surface area contributed by atoms with Gasteiger partial charge >= 0.3 is 0 Å². The molecule has 28 heavy (non-hydrogen) atoms. The molecule has 4 nitrogen and oxygen atoms in total. The van der Waals surface area contributed by atoms with Crippen LogP contribution in [0.5, 0.6) is 0 Å². The minimum atomic E-state index is 0.696. The summed E-state index contributed by atoms with van der Waals surface area (Å²) in [6.45, 7) is 2.09. The van der Waals surface area contributed by atoms with E-state index in [9.17, 15) is 0 Å². The summed E-state index contributed by atoms with van der Waals surface area (Å²) in [7, 11) is 0. The van der Waals surface area contributed by atoms with E-state index < -0.39 is 0 Å². The van der Waals surface area contributed by atoms with Crippen molar-refractivity contribution in [1.82, 2.24) is 19.8 Å². The number of rotatable bonds is 3. The molecule has 5 heteroatoms. The maximum absolute atomic E-state index is 6.08. The van der Waals surface area contributed by atoms with Crippen LogP contribution >= 0.6 is 11.6 Å². The van der Waals surface area contributed by atoms with Gasteiger partial charge in [0.05, 0.1) is 11.2 Å². The SMILES string of the molecule is Cc1ccc(Cc2nc3c4ccccc4nn3nc2-c2ccc(Cl)cc2)cc1. The third-order valence-electron chi connectivity index (χ3n) is 4.86. The number of fused-ring (bicyclic) bond motifs is 3. The summed E-state index contributed by atoms with van der Waals surface area (Å²) in [5.74, 6) is 0. The Balaban J connectivity index is 1.73. The molecular formula is C23H17ClN4. The largest absolute Gasteiger partial charge is 0.229 e. The summed E-state index contributed by atoms with van der Waals surface area (Å²) < 4.78 is 1.63. The monoisotopic (exact) mass is 384 g/mol. The summed E-state index contributed by atoms with van der Waals surface area (Å²) in [4.78, 5) is 4.98. The van der Waals surface area contributed by atoms with Crippen LogP contribution in [0.2, 0.25) is 5.02 Å². The Bertz CT molecular complexity index is 1290. The molecule has 0 aliphatic carbocycles. The van der Waals surface area contributed by atoms with Crippen molar-refractivity contribution in [2.75, 3.05) is 0 Å². The number of aromatic nitrogens is 4. The molecule has 0 atom stereocenters. The molecule has 0 N–H and O–H groups in total. The van der Waals surface area contributed by atoms with Crippen LogP contribution in [0.4, 0.5) is 0 Å². The molecule has 5 rings (SSSR count). The summed E-state index contributed by atoms with van der Waals surface area (Å²) in [5.41, 5.74) is 6.81. The number of halogens is 1. The molecule has 0 spiro atoms. The van der Waals surface area contributed by atoms with Gasteiger partial charge in [0.15, 0.2) is 5.65 Å². The van der Waals surface area contributed by atoms with Gasteiger partial charge in [0.2, 0.25) is 0 Å². The molecule has 3 aromatic carbocycles. The Morgan fingerprint density at radius 2 is 1.61 bits per heavy atom. The quantitative estimate of drug-likeness (QED) is 0.412. The van der Waals surface area contributed by atoms with Gasteiger partial charge in [-0.2, -0.15) is 0 Å². The average molecular weight is 385 g/mol. The van der Waals surface area contributed by atoms with Crippen molar-refractivity contribution in [3.8, 4) is 11.3 Å². The van der Waals surface area contributed by atoms with E-state index in [2.05, 4.69) is 36.3 Å². The van der Waals surface area contributed by atoms with Crippen LogP contribution in [0.1, 0.15) is 16.8 Å². The van der Waals surface area contributed by atoms with Crippen LogP contribution in [0.3, 0.4) is 0 Å². The molecule has 0 fully saturated rings. The van der Waals surface area contributed by atoms with E-state index in [0.29, 0.717) is 11.4 Å². The second-order valence-corrected chi connectivity index (χ2v) is 7.34. The smallest absolute Gasteiger partial charge is 0.184 e. The molecule has 0 aliphatic heterocycles. The van der Waals surface area contributed by atoms with Crippen LogP contribution in [-0.2, 0) is 6.42 Å². The first-order chi connectivity index (χ1) is 13.7. The molecule has 0 bridgehead atoms. The van der Waals surface area contributed by atoms with Crippen LogP contribution in [0, 0.1) is 6.92 Å². The minimum absolute atomic E-state index is 0.696. The normalized spacial score (nSPS) is 11.4. The molecule has 2 aromatic heterocycles. The number of hydrogen-bond acceptors (Lipinski definition) is 3. The predicted octanol–water partition coefficient (Wildman–Crippen LogP) is 5.50. The van der Waals surface area contributed by atoms with E-state index in [4.69, 9.17) is 21.7 Å². The molecule has 0 unspecified atom stereocenters. The van der Waals surface area contributed by atoms with Crippen molar-refractivity contribution in [2.24, 2.45) is 0 Å². The highest BCUT2D eigenvalue weighted by atomic mass is 35.5. The first-order valence-corrected chi connectivity index (χ1v) is 9.51. The molecule has 0 saturated heterocycles. The Morgan fingerprint density at radius 1 is 0.857 bits per heavy atom. The Morgan fingerprint density at radius 3 is 2.39 bits per heavy atom. The molecule has 0 saturated carbocycles. The lowest BCUT2D eigenvalue weighted by Crippen LogP contribution is -2.05. The highest BCUT2D eigenvalue weighted by Gasteiger charge is 2.15. The second-order valence-electron chi connectivity index (χ2n) is 6.91. The number of aryl methyl sites for hydroxylation is 1. The van der Waals surface area contributed by atoms with Crippen LogP contribution in [0.15, 0.2) is 72.8 Å². The maximum atomic E-state index is 6.08. The Labute approximate surface area is 167 Å². The Hall–Kier alpha value is -3.24. The molecule has 5 aromatic rings. The van der Waals surface area contributed by atoms with E-state index in [1.807, 2.05) is 48.5 Å².